The van der Waals surface area contributed by atoms with Crippen LogP contribution in [0, 0.1) is 5.92 Å². The van der Waals surface area contributed by atoms with Crippen LogP contribution in [0.5, 0.6) is 0 Å². The molecule has 3 rings (SSSR count). The molecule has 0 bridgehead atoms. The number of nitrogens with zero attached hydrogens (tertiary/aromatic N) is 1. The van der Waals surface area contributed by atoms with Gasteiger partial charge in [-0.25, -0.2) is 0 Å². The highest BCUT2D eigenvalue weighted by Crippen LogP contribution is 2.43. The number of allylic oxidation sites excluding steroid dienone is 2. The second-order valence-corrected chi connectivity index (χ2v) is 13.1. The van der Waals surface area contributed by atoms with Crippen molar-refractivity contribution >= 4 is 29.5 Å². The average Bonchev–Trinajstić information content (AvgIpc) is 3.67. The van der Waals surface area contributed by atoms with E-state index in [9.17, 15) is 14.4 Å². The molecule has 236 valence electrons. The Morgan fingerprint density at radius 2 is 1.90 bits per heavy atom. The number of amides is 2. The van der Waals surface area contributed by atoms with Crippen molar-refractivity contribution in [3.8, 4) is 0 Å². The van der Waals surface area contributed by atoms with E-state index in [1.165, 1.54) is 13.0 Å². The van der Waals surface area contributed by atoms with Gasteiger partial charge >= 0.3 is 5.97 Å². The van der Waals surface area contributed by atoms with Gasteiger partial charge in [-0.1, -0.05) is 30.7 Å². The summed E-state index contributed by atoms with van der Waals surface area (Å²) in [7, 11) is 1.86. The number of epoxide rings is 1. The molecule has 3 heterocycles. The average molecular weight is 607 g/mol. The van der Waals surface area contributed by atoms with Gasteiger partial charge in [-0.05, 0) is 51.9 Å². The molecule has 2 amide bonds. The summed E-state index contributed by atoms with van der Waals surface area (Å²) < 4.78 is 23.5. The molecule has 0 saturated carbocycles. The molecule has 42 heavy (non-hydrogen) atoms. The molecule has 1 N–H and O–H groups in total. The van der Waals surface area contributed by atoms with Crippen LogP contribution >= 0.6 is 11.8 Å². The molecule has 1 spiro atoms. The van der Waals surface area contributed by atoms with Crippen molar-refractivity contribution < 1.29 is 33.3 Å². The molecule has 3 aliphatic heterocycles. The lowest BCUT2D eigenvalue weighted by molar-refractivity contribution is -0.143. The molecular formula is C32H50N2O7S. The van der Waals surface area contributed by atoms with Crippen molar-refractivity contribution in [1.29, 1.82) is 0 Å². The smallest absolute Gasteiger partial charge is 0.303 e. The fraction of sp³-hybridized carbons (Fsp3) is 0.719. The number of nitrogens with one attached hydrogen (secondary N) is 1. The summed E-state index contributed by atoms with van der Waals surface area (Å²) in [5.41, 5.74) is 0.989. The first kappa shape index (κ1) is 34.4. The van der Waals surface area contributed by atoms with E-state index < -0.39 is 6.10 Å². The molecule has 3 fully saturated rings. The van der Waals surface area contributed by atoms with Gasteiger partial charge in [0.15, 0.2) is 0 Å². The third kappa shape index (κ3) is 11.2. The number of hydrogen-bond donors (Lipinski definition) is 1. The Morgan fingerprint density at radius 1 is 1.17 bits per heavy atom. The van der Waals surface area contributed by atoms with E-state index in [0.29, 0.717) is 6.42 Å². The topological polar surface area (TPSA) is 107 Å². The predicted octanol–water partition coefficient (Wildman–Crippen LogP) is 4.21. The van der Waals surface area contributed by atoms with Crippen LogP contribution in [-0.2, 0) is 33.3 Å². The lowest BCUT2D eigenvalue weighted by atomic mass is 9.88. The summed E-state index contributed by atoms with van der Waals surface area (Å²) in [6.45, 7) is 10.8. The van der Waals surface area contributed by atoms with Crippen LogP contribution in [0.15, 0.2) is 36.0 Å². The summed E-state index contributed by atoms with van der Waals surface area (Å²) in [5.74, 6) is 0.708. The van der Waals surface area contributed by atoms with E-state index in [-0.39, 0.29) is 59.8 Å². The zero-order chi connectivity index (χ0) is 30.9. The number of carbonyl (C=O) groups excluding carboxylic acids is 3. The van der Waals surface area contributed by atoms with E-state index in [4.69, 9.17) is 18.9 Å². The van der Waals surface area contributed by atoms with Gasteiger partial charge in [0, 0.05) is 45.2 Å². The SMILES string of the molecule is CSCCN(C)C(=O)C[C@@H]1C[C@@]2(CO2)C[C@@H](/C=C/C(C)=C/C[C@@H]2O[C@H](C)[C@H](NC(=O)C=CC(C)OC(C)=O)C[C@@H]2C)O1. The minimum absolute atomic E-state index is 0.0589. The van der Waals surface area contributed by atoms with Gasteiger partial charge in [0.05, 0.1) is 49.1 Å². The van der Waals surface area contributed by atoms with Crippen LogP contribution in [0.1, 0.15) is 66.7 Å². The van der Waals surface area contributed by atoms with Crippen LogP contribution in [-0.4, -0.2) is 97.1 Å². The van der Waals surface area contributed by atoms with Crippen LogP contribution in [0.4, 0.5) is 0 Å². The summed E-state index contributed by atoms with van der Waals surface area (Å²) in [4.78, 5) is 37.9. The summed E-state index contributed by atoms with van der Waals surface area (Å²) in [6.07, 6.45) is 14.2. The van der Waals surface area contributed by atoms with E-state index in [1.54, 1.807) is 29.7 Å². The minimum Gasteiger partial charge on any atom is -0.459 e. The van der Waals surface area contributed by atoms with E-state index in [1.807, 2.05) is 20.2 Å². The molecule has 1 unspecified atom stereocenters. The highest BCUT2D eigenvalue weighted by Gasteiger charge is 2.51. The largest absolute Gasteiger partial charge is 0.459 e. The number of ether oxygens (including phenoxy) is 4. The van der Waals surface area contributed by atoms with Crippen molar-refractivity contribution in [2.45, 2.75) is 109 Å². The monoisotopic (exact) mass is 606 g/mol. The molecule has 3 aliphatic rings. The van der Waals surface area contributed by atoms with Crippen molar-refractivity contribution in [3.63, 3.8) is 0 Å². The number of thioether (sulfide) groups is 1. The quantitative estimate of drug-likeness (QED) is 0.144. The summed E-state index contributed by atoms with van der Waals surface area (Å²) in [5, 5.41) is 3.03. The maximum Gasteiger partial charge on any atom is 0.303 e. The second-order valence-electron chi connectivity index (χ2n) is 12.1. The van der Waals surface area contributed by atoms with E-state index >= 15 is 0 Å². The van der Waals surface area contributed by atoms with Crippen molar-refractivity contribution in [2.24, 2.45) is 5.92 Å². The molecule has 0 aliphatic carbocycles. The number of carbonyl (C=O) groups is 3. The zero-order valence-corrected chi connectivity index (χ0v) is 27.1. The van der Waals surface area contributed by atoms with Crippen LogP contribution in [0.3, 0.4) is 0 Å². The predicted molar refractivity (Wildman–Crippen MR) is 165 cm³/mol. The molecular weight excluding hydrogens is 556 g/mol. The molecule has 0 radical (unpaired) electrons. The first-order valence-electron chi connectivity index (χ1n) is 15.1. The molecule has 0 aromatic carbocycles. The van der Waals surface area contributed by atoms with Crippen LogP contribution in [0.25, 0.3) is 0 Å². The zero-order valence-electron chi connectivity index (χ0n) is 26.3. The third-order valence-corrected chi connectivity index (χ3v) is 8.80. The number of rotatable bonds is 13. The number of hydrogen-bond acceptors (Lipinski definition) is 8. The van der Waals surface area contributed by atoms with Gasteiger partial charge in [-0.3, -0.25) is 14.4 Å². The summed E-state index contributed by atoms with van der Waals surface area (Å²) >= 11 is 1.74. The van der Waals surface area contributed by atoms with Gasteiger partial charge in [0.2, 0.25) is 11.8 Å². The highest BCUT2D eigenvalue weighted by molar-refractivity contribution is 7.98. The maximum absolute atomic E-state index is 12.7. The first-order valence-corrected chi connectivity index (χ1v) is 16.5. The van der Waals surface area contributed by atoms with Crippen LogP contribution in [0.2, 0.25) is 0 Å². The lowest BCUT2D eigenvalue weighted by Crippen LogP contribution is -2.50. The van der Waals surface area contributed by atoms with Gasteiger partial charge in [0.1, 0.15) is 6.10 Å². The lowest BCUT2D eigenvalue weighted by Gasteiger charge is -2.39. The Labute approximate surface area is 255 Å². The third-order valence-electron chi connectivity index (χ3n) is 8.21. The van der Waals surface area contributed by atoms with Crippen molar-refractivity contribution in [3.05, 3.63) is 36.0 Å². The van der Waals surface area contributed by atoms with E-state index in [0.717, 1.165) is 50.2 Å². The summed E-state index contributed by atoms with van der Waals surface area (Å²) in [6, 6.07) is -0.0898. The fourth-order valence-electron chi connectivity index (χ4n) is 5.58. The Kier molecular flexibility index (Phi) is 13.1. The van der Waals surface area contributed by atoms with Crippen molar-refractivity contribution in [2.75, 3.05) is 32.2 Å². The van der Waals surface area contributed by atoms with Gasteiger partial charge < -0.3 is 29.2 Å². The Balaban J connectivity index is 1.47. The van der Waals surface area contributed by atoms with Crippen molar-refractivity contribution in [1.82, 2.24) is 10.2 Å². The molecule has 3 saturated heterocycles. The molecule has 9 nitrogen and oxygen atoms in total. The fourth-order valence-corrected chi connectivity index (χ4v) is 6.04. The highest BCUT2D eigenvalue weighted by atomic mass is 32.2. The molecule has 8 atom stereocenters. The van der Waals surface area contributed by atoms with Gasteiger partial charge in [-0.15, -0.1) is 0 Å². The second kappa shape index (κ2) is 16.1. The van der Waals surface area contributed by atoms with Crippen LogP contribution < -0.4 is 5.32 Å². The van der Waals surface area contributed by atoms with Gasteiger partial charge in [-0.2, -0.15) is 11.8 Å². The molecule has 0 aromatic heterocycles. The first-order chi connectivity index (χ1) is 19.9. The Hall–Kier alpha value is -2.14. The standard InChI is InChI=1S/C32H50N2O7S/c1-21(8-11-26-18-32(20-38-32)19-27(41-26)17-31(37)34(6)14-15-42-7)9-12-29-22(2)16-28(24(4)40-29)33-30(36)13-10-23(3)39-25(5)35/h8-11,13,22-24,26-29H,12,14-20H2,1-7H3,(H,33,36)/b11-8+,13-10?,21-9+/t22-,23?,24+,26+,27+,28+,29-,32+/m0/s1. The minimum atomic E-state index is -0.458. The Morgan fingerprint density at radius 3 is 2.57 bits per heavy atom. The Bertz CT molecular complexity index is 1020. The van der Waals surface area contributed by atoms with E-state index in [2.05, 4.69) is 37.4 Å². The maximum atomic E-state index is 12.7. The molecule has 0 aromatic rings. The molecule has 10 heteroatoms. The normalized spacial score (nSPS) is 32.2. The van der Waals surface area contributed by atoms with Gasteiger partial charge in [0.25, 0.3) is 0 Å². The number of esters is 1.